The zero-order chi connectivity index (χ0) is 21.5. The number of hydrazone groups is 1. The first-order valence-electron chi connectivity index (χ1n) is 8.84. The average molecular weight is 445 g/mol. The molecule has 3 aromatic carbocycles. The second-order valence-electron chi connectivity index (χ2n) is 6.15. The normalized spacial score (nSPS) is 10.8. The molecule has 0 fully saturated rings. The van der Waals surface area contributed by atoms with Gasteiger partial charge in [-0.05, 0) is 60.2 Å². The molecular weight excluding hydrogens is 427 g/mol. The van der Waals surface area contributed by atoms with Crippen molar-refractivity contribution in [3.8, 4) is 11.5 Å². The number of aromatic carboxylic acids is 1. The largest absolute Gasteiger partial charge is 0.493 e. The molecule has 0 aliphatic rings. The summed E-state index contributed by atoms with van der Waals surface area (Å²) in [6, 6.07) is 16.9. The fourth-order valence-corrected chi connectivity index (χ4v) is 3.08. The van der Waals surface area contributed by atoms with E-state index in [0.29, 0.717) is 32.8 Å². The van der Waals surface area contributed by atoms with E-state index in [1.54, 1.807) is 55.8 Å². The topological polar surface area (TPSA) is 80.2 Å². The summed E-state index contributed by atoms with van der Waals surface area (Å²) >= 11 is 12.4. The van der Waals surface area contributed by atoms with Crippen molar-refractivity contribution in [3.63, 3.8) is 0 Å². The van der Waals surface area contributed by atoms with Crippen molar-refractivity contribution in [2.24, 2.45) is 5.10 Å². The van der Waals surface area contributed by atoms with E-state index in [2.05, 4.69) is 10.5 Å². The fourth-order valence-electron chi connectivity index (χ4n) is 2.57. The molecule has 0 saturated carbocycles. The third kappa shape index (κ3) is 5.43. The number of rotatable bonds is 8. The van der Waals surface area contributed by atoms with Crippen LogP contribution in [0.3, 0.4) is 0 Å². The lowest BCUT2D eigenvalue weighted by molar-refractivity contribution is 0.0697. The minimum absolute atomic E-state index is 0.205. The average Bonchev–Trinajstić information content (AvgIpc) is 2.74. The molecule has 0 saturated heterocycles. The number of hydrogen-bond donors (Lipinski definition) is 2. The molecule has 0 radical (unpaired) electrons. The predicted molar refractivity (Wildman–Crippen MR) is 118 cm³/mol. The highest BCUT2D eigenvalue weighted by Crippen LogP contribution is 2.31. The van der Waals surface area contributed by atoms with Gasteiger partial charge in [-0.15, -0.1) is 0 Å². The first-order chi connectivity index (χ1) is 14.5. The van der Waals surface area contributed by atoms with Crippen molar-refractivity contribution in [2.75, 3.05) is 12.5 Å². The monoisotopic (exact) mass is 444 g/mol. The highest BCUT2D eigenvalue weighted by atomic mass is 35.5. The van der Waals surface area contributed by atoms with Gasteiger partial charge in [0.2, 0.25) is 0 Å². The van der Waals surface area contributed by atoms with E-state index in [-0.39, 0.29) is 12.2 Å². The molecule has 154 valence electrons. The maximum Gasteiger partial charge on any atom is 0.335 e. The van der Waals surface area contributed by atoms with Crippen molar-refractivity contribution >= 4 is 41.1 Å². The van der Waals surface area contributed by atoms with Crippen LogP contribution in [0.25, 0.3) is 0 Å². The molecule has 0 aliphatic heterocycles. The Morgan fingerprint density at radius 3 is 2.40 bits per heavy atom. The molecule has 0 aliphatic carbocycles. The number of halogens is 2. The summed E-state index contributed by atoms with van der Waals surface area (Å²) in [4.78, 5) is 10.9. The molecule has 2 N–H and O–H groups in total. The highest BCUT2D eigenvalue weighted by Gasteiger charge is 2.10. The Morgan fingerprint density at radius 2 is 1.77 bits per heavy atom. The molecule has 0 heterocycles. The smallest absolute Gasteiger partial charge is 0.335 e. The van der Waals surface area contributed by atoms with Crippen LogP contribution in [0.1, 0.15) is 21.5 Å². The van der Waals surface area contributed by atoms with Crippen LogP contribution < -0.4 is 14.9 Å². The standard InChI is InChI=1S/C22H18Cl2N2O4/c1-29-21-11-14(12-25-26-16-8-6-15(7-9-16)22(27)28)5-10-20(21)30-13-17-18(23)3-2-4-19(17)24/h2-12,26H,13H2,1H3,(H,27,28)/b25-12+. The second kappa shape index (κ2) is 10.0. The van der Waals surface area contributed by atoms with E-state index >= 15 is 0 Å². The van der Waals surface area contributed by atoms with Crippen LogP contribution in [0, 0.1) is 0 Å². The van der Waals surface area contributed by atoms with Gasteiger partial charge in [0, 0.05) is 15.6 Å². The number of methoxy groups -OCH3 is 1. The molecule has 0 unspecified atom stereocenters. The molecule has 0 amide bonds. The first-order valence-corrected chi connectivity index (χ1v) is 9.59. The maximum absolute atomic E-state index is 10.9. The molecule has 30 heavy (non-hydrogen) atoms. The van der Waals surface area contributed by atoms with Gasteiger partial charge in [0.25, 0.3) is 0 Å². The lowest BCUT2D eigenvalue weighted by Crippen LogP contribution is -2.00. The van der Waals surface area contributed by atoms with Gasteiger partial charge in [-0.3, -0.25) is 5.43 Å². The van der Waals surface area contributed by atoms with E-state index in [1.807, 2.05) is 6.07 Å². The van der Waals surface area contributed by atoms with Crippen molar-refractivity contribution in [1.29, 1.82) is 0 Å². The molecule has 6 nitrogen and oxygen atoms in total. The molecular formula is C22H18Cl2N2O4. The van der Waals surface area contributed by atoms with E-state index in [0.717, 1.165) is 5.56 Å². The van der Waals surface area contributed by atoms with Crippen LogP contribution in [0.5, 0.6) is 11.5 Å². The molecule has 0 atom stereocenters. The number of carboxylic acid groups (broad SMARTS) is 1. The number of anilines is 1. The molecule has 3 aromatic rings. The van der Waals surface area contributed by atoms with Crippen LogP contribution in [-0.2, 0) is 6.61 Å². The predicted octanol–water partition coefficient (Wildman–Crippen LogP) is 5.73. The van der Waals surface area contributed by atoms with Crippen LogP contribution >= 0.6 is 23.2 Å². The molecule has 0 aromatic heterocycles. The van der Waals surface area contributed by atoms with Crippen molar-refractivity contribution < 1.29 is 19.4 Å². The van der Waals surface area contributed by atoms with E-state index in [4.69, 9.17) is 37.8 Å². The Labute approximate surface area is 183 Å². The van der Waals surface area contributed by atoms with Gasteiger partial charge in [-0.2, -0.15) is 5.10 Å². The molecule has 8 heteroatoms. The zero-order valence-electron chi connectivity index (χ0n) is 15.9. The van der Waals surface area contributed by atoms with E-state index in [9.17, 15) is 4.79 Å². The van der Waals surface area contributed by atoms with Gasteiger partial charge in [0.05, 0.1) is 24.6 Å². The number of carboxylic acids is 1. The SMILES string of the molecule is COc1cc(/C=N/Nc2ccc(C(=O)O)cc2)ccc1OCc1c(Cl)cccc1Cl. The van der Waals surface area contributed by atoms with Crippen LogP contribution in [0.15, 0.2) is 65.8 Å². The van der Waals surface area contributed by atoms with Gasteiger partial charge in [0.15, 0.2) is 11.5 Å². The third-order valence-electron chi connectivity index (χ3n) is 4.16. The number of benzene rings is 3. The Hall–Kier alpha value is -3.22. The third-order valence-corrected chi connectivity index (χ3v) is 4.87. The van der Waals surface area contributed by atoms with Crippen molar-refractivity contribution in [1.82, 2.24) is 0 Å². The number of nitrogens with zero attached hydrogens (tertiary/aromatic N) is 1. The zero-order valence-corrected chi connectivity index (χ0v) is 17.4. The quantitative estimate of drug-likeness (QED) is 0.342. The summed E-state index contributed by atoms with van der Waals surface area (Å²) in [5, 5.41) is 14.1. The first kappa shape index (κ1) is 21.5. The molecule has 3 rings (SSSR count). The second-order valence-corrected chi connectivity index (χ2v) is 6.97. The van der Waals surface area contributed by atoms with Gasteiger partial charge in [0.1, 0.15) is 6.61 Å². The summed E-state index contributed by atoms with van der Waals surface area (Å²) in [5.74, 6) is 0.104. The minimum Gasteiger partial charge on any atom is -0.493 e. The number of carbonyl (C=O) groups is 1. The van der Waals surface area contributed by atoms with Crippen LogP contribution in [0.2, 0.25) is 10.0 Å². The van der Waals surface area contributed by atoms with Gasteiger partial charge in [-0.25, -0.2) is 4.79 Å². The number of nitrogens with one attached hydrogen (secondary N) is 1. The van der Waals surface area contributed by atoms with E-state index < -0.39 is 5.97 Å². The Morgan fingerprint density at radius 1 is 1.07 bits per heavy atom. The Kier molecular flexibility index (Phi) is 7.17. The van der Waals surface area contributed by atoms with Crippen LogP contribution in [-0.4, -0.2) is 24.4 Å². The summed E-state index contributed by atoms with van der Waals surface area (Å²) in [5.41, 5.74) is 5.21. The van der Waals surface area contributed by atoms with E-state index in [1.165, 1.54) is 12.1 Å². The number of hydrogen-bond acceptors (Lipinski definition) is 5. The summed E-state index contributed by atoms with van der Waals surface area (Å²) in [6.45, 7) is 0.205. The molecule has 0 spiro atoms. The maximum atomic E-state index is 10.9. The van der Waals surface area contributed by atoms with Crippen LogP contribution in [0.4, 0.5) is 5.69 Å². The lowest BCUT2D eigenvalue weighted by atomic mass is 10.2. The number of ether oxygens (including phenoxy) is 2. The highest BCUT2D eigenvalue weighted by molar-refractivity contribution is 6.35. The summed E-state index contributed by atoms with van der Waals surface area (Å²) < 4.78 is 11.2. The fraction of sp³-hybridized carbons (Fsp3) is 0.0909. The summed E-state index contributed by atoms with van der Waals surface area (Å²) in [6.07, 6.45) is 1.61. The Balaban J connectivity index is 1.66. The minimum atomic E-state index is -0.976. The van der Waals surface area contributed by atoms with Crippen molar-refractivity contribution in [2.45, 2.75) is 6.61 Å². The van der Waals surface area contributed by atoms with Gasteiger partial charge in [-0.1, -0.05) is 29.3 Å². The van der Waals surface area contributed by atoms with Gasteiger partial charge < -0.3 is 14.6 Å². The molecule has 0 bridgehead atoms. The lowest BCUT2D eigenvalue weighted by Gasteiger charge is -2.13. The van der Waals surface area contributed by atoms with Crippen molar-refractivity contribution in [3.05, 3.63) is 87.4 Å². The van der Waals surface area contributed by atoms with Gasteiger partial charge >= 0.3 is 5.97 Å². The Bertz CT molecular complexity index is 1050. The summed E-state index contributed by atoms with van der Waals surface area (Å²) in [7, 11) is 1.55.